The van der Waals surface area contributed by atoms with Crippen LogP contribution in [-0.2, 0) is 6.54 Å². The highest BCUT2D eigenvalue weighted by molar-refractivity contribution is 5.99. The maximum absolute atomic E-state index is 12.0. The molecule has 24 heavy (non-hydrogen) atoms. The van der Waals surface area contributed by atoms with Gasteiger partial charge in [0.05, 0.1) is 25.0 Å². The van der Waals surface area contributed by atoms with E-state index in [1.807, 2.05) is 24.3 Å². The summed E-state index contributed by atoms with van der Waals surface area (Å²) in [5.41, 5.74) is 2.43. The van der Waals surface area contributed by atoms with Crippen molar-refractivity contribution >= 4 is 23.1 Å². The van der Waals surface area contributed by atoms with Crippen molar-refractivity contribution < 1.29 is 9.90 Å². The Morgan fingerprint density at radius 1 is 1.25 bits per heavy atom. The van der Waals surface area contributed by atoms with Gasteiger partial charge in [0.1, 0.15) is 0 Å². The third kappa shape index (κ3) is 5.27. The van der Waals surface area contributed by atoms with Gasteiger partial charge >= 0.3 is 6.03 Å². The summed E-state index contributed by atoms with van der Waals surface area (Å²) in [5.74, 6) is 0. The number of aliphatic hydroxyl groups is 1. The molecular weight excluding hydrogens is 306 g/mol. The van der Waals surface area contributed by atoms with Gasteiger partial charge in [-0.3, -0.25) is 4.68 Å². The number of rotatable bonds is 8. The van der Waals surface area contributed by atoms with Crippen molar-refractivity contribution in [1.29, 1.82) is 0 Å². The van der Waals surface area contributed by atoms with Crippen LogP contribution in [0.2, 0.25) is 0 Å². The van der Waals surface area contributed by atoms with Crippen LogP contribution in [-0.4, -0.2) is 41.1 Å². The summed E-state index contributed by atoms with van der Waals surface area (Å²) in [6.07, 6.45) is 5.53. The molecule has 0 atom stereocenters. The van der Waals surface area contributed by atoms with Gasteiger partial charge in [-0.2, -0.15) is 5.10 Å². The van der Waals surface area contributed by atoms with Crippen LogP contribution in [0.5, 0.6) is 0 Å². The molecule has 130 valence electrons. The Hall–Kier alpha value is -2.54. The molecule has 0 unspecified atom stereocenters. The number of unbranched alkanes of at least 4 members (excludes halogenated alkanes) is 1. The zero-order chi connectivity index (χ0) is 17.4. The molecule has 0 radical (unpaired) electrons. The van der Waals surface area contributed by atoms with Crippen LogP contribution in [0.4, 0.5) is 21.9 Å². The van der Waals surface area contributed by atoms with Gasteiger partial charge in [-0.15, -0.1) is 0 Å². The van der Waals surface area contributed by atoms with Crippen molar-refractivity contribution in [2.75, 3.05) is 35.7 Å². The fourth-order valence-electron chi connectivity index (χ4n) is 2.27. The predicted molar refractivity (Wildman–Crippen MR) is 96.6 cm³/mol. The van der Waals surface area contributed by atoms with Crippen LogP contribution in [0.1, 0.15) is 19.8 Å². The highest BCUT2D eigenvalue weighted by atomic mass is 16.3. The molecule has 0 aliphatic carbocycles. The molecule has 0 fully saturated rings. The molecule has 0 bridgehead atoms. The lowest BCUT2D eigenvalue weighted by atomic mass is 10.2. The number of carbonyl (C=O) groups excluding carboxylic acids is 1. The standard InChI is InChI=1S/C17H25N5O2/c1-3-4-9-21(2)16-7-5-14(6-8-16)19-17(24)20-15-12-18-22(13-15)10-11-23/h5-8,12-13,23H,3-4,9-11H2,1-2H3,(H2,19,20,24). The average molecular weight is 331 g/mol. The summed E-state index contributed by atoms with van der Waals surface area (Å²) in [6.45, 7) is 3.59. The lowest BCUT2D eigenvalue weighted by Gasteiger charge is -2.19. The van der Waals surface area contributed by atoms with Gasteiger partial charge in [0.25, 0.3) is 0 Å². The van der Waals surface area contributed by atoms with Crippen molar-refractivity contribution in [3.63, 3.8) is 0 Å². The number of benzene rings is 1. The third-order valence-electron chi connectivity index (χ3n) is 3.63. The number of hydrogen-bond donors (Lipinski definition) is 3. The molecule has 3 N–H and O–H groups in total. The van der Waals surface area contributed by atoms with Crippen LogP contribution < -0.4 is 15.5 Å². The summed E-state index contributed by atoms with van der Waals surface area (Å²) >= 11 is 0. The van der Waals surface area contributed by atoms with Crippen molar-refractivity contribution in [1.82, 2.24) is 9.78 Å². The van der Waals surface area contributed by atoms with E-state index in [-0.39, 0.29) is 12.6 Å². The summed E-state index contributed by atoms with van der Waals surface area (Å²) in [7, 11) is 2.06. The Morgan fingerprint density at radius 3 is 2.62 bits per heavy atom. The van der Waals surface area contributed by atoms with Crippen molar-refractivity contribution in [2.45, 2.75) is 26.3 Å². The maximum atomic E-state index is 12.0. The number of aliphatic hydroxyl groups excluding tert-OH is 1. The smallest absolute Gasteiger partial charge is 0.323 e. The number of amides is 2. The molecule has 7 nitrogen and oxygen atoms in total. The fourth-order valence-corrected chi connectivity index (χ4v) is 2.27. The molecule has 7 heteroatoms. The lowest BCUT2D eigenvalue weighted by molar-refractivity contribution is 0.262. The summed E-state index contributed by atoms with van der Waals surface area (Å²) < 4.78 is 1.57. The molecule has 2 aromatic rings. The zero-order valence-corrected chi connectivity index (χ0v) is 14.2. The Bertz CT molecular complexity index is 639. The van der Waals surface area contributed by atoms with Gasteiger partial charge in [0.15, 0.2) is 0 Å². The summed E-state index contributed by atoms with van der Waals surface area (Å²) in [5, 5.41) is 18.4. The minimum absolute atomic E-state index is 0.00632. The minimum atomic E-state index is -0.328. The quantitative estimate of drug-likeness (QED) is 0.694. The Morgan fingerprint density at radius 2 is 1.96 bits per heavy atom. The molecule has 0 saturated heterocycles. The predicted octanol–water partition coefficient (Wildman–Crippen LogP) is 2.76. The van der Waals surface area contributed by atoms with E-state index in [1.54, 1.807) is 17.1 Å². The first-order chi connectivity index (χ1) is 11.6. The second-order valence-electron chi connectivity index (χ2n) is 5.62. The lowest BCUT2D eigenvalue weighted by Crippen LogP contribution is -2.20. The van der Waals surface area contributed by atoms with E-state index in [0.29, 0.717) is 12.2 Å². The van der Waals surface area contributed by atoms with E-state index < -0.39 is 0 Å². The molecule has 0 aliphatic heterocycles. The van der Waals surface area contributed by atoms with E-state index in [2.05, 4.69) is 34.6 Å². The first-order valence-corrected chi connectivity index (χ1v) is 8.15. The van der Waals surface area contributed by atoms with E-state index >= 15 is 0 Å². The van der Waals surface area contributed by atoms with Crippen LogP contribution >= 0.6 is 0 Å². The number of urea groups is 1. The summed E-state index contributed by atoms with van der Waals surface area (Å²) in [6, 6.07) is 7.42. The largest absolute Gasteiger partial charge is 0.394 e. The van der Waals surface area contributed by atoms with Crippen LogP contribution in [0.15, 0.2) is 36.7 Å². The van der Waals surface area contributed by atoms with Crippen LogP contribution in [0.3, 0.4) is 0 Å². The first kappa shape index (κ1) is 17.8. The van der Waals surface area contributed by atoms with E-state index in [9.17, 15) is 4.79 Å². The molecular formula is C17H25N5O2. The number of aromatic nitrogens is 2. The second kappa shape index (κ2) is 8.93. The Balaban J connectivity index is 1.86. The average Bonchev–Trinajstić information content (AvgIpc) is 3.00. The molecule has 0 saturated carbocycles. The monoisotopic (exact) mass is 331 g/mol. The third-order valence-corrected chi connectivity index (χ3v) is 3.63. The fraction of sp³-hybridized carbons (Fsp3) is 0.412. The molecule has 0 spiro atoms. The topological polar surface area (TPSA) is 82.4 Å². The molecule has 1 aromatic heterocycles. The van der Waals surface area contributed by atoms with Crippen molar-refractivity contribution in [3.8, 4) is 0 Å². The van der Waals surface area contributed by atoms with E-state index in [4.69, 9.17) is 5.11 Å². The van der Waals surface area contributed by atoms with Gasteiger partial charge in [-0.05, 0) is 30.7 Å². The first-order valence-electron chi connectivity index (χ1n) is 8.15. The number of carbonyl (C=O) groups is 1. The molecule has 0 aliphatic rings. The maximum Gasteiger partial charge on any atom is 0.323 e. The van der Waals surface area contributed by atoms with Gasteiger partial charge < -0.3 is 20.6 Å². The normalized spacial score (nSPS) is 10.5. The van der Waals surface area contributed by atoms with Crippen molar-refractivity contribution in [3.05, 3.63) is 36.7 Å². The number of nitrogens with zero attached hydrogens (tertiary/aromatic N) is 3. The molecule has 1 aromatic carbocycles. The van der Waals surface area contributed by atoms with Crippen LogP contribution in [0.25, 0.3) is 0 Å². The number of hydrogen-bond acceptors (Lipinski definition) is 4. The van der Waals surface area contributed by atoms with Gasteiger partial charge in [0.2, 0.25) is 0 Å². The van der Waals surface area contributed by atoms with E-state index in [0.717, 1.165) is 24.3 Å². The highest BCUT2D eigenvalue weighted by Gasteiger charge is 2.06. The van der Waals surface area contributed by atoms with Gasteiger partial charge in [-0.1, -0.05) is 13.3 Å². The Labute approximate surface area is 142 Å². The van der Waals surface area contributed by atoms with Crippen molar-refractivity contribution in [2.24, 2.45) is 0 Å². The molecule has 2 rings (SSSR count). The summed E-state index contributed by atoms with van der Waals surface area (Å²) in [4.78, 5) is 14.2. The minimum Gasteiger partial charge on any atom is -0.394 e. The molecule has 2 amide bonds. The SMILES string of the molecule is CCCCN(C)c1ccc(NC(=O)Nc2cnn(CCO)c2)cc1. The van der Waals surface area contributed by atoms with Gasteiger partial charge in [0, 0.05) is 31.2 Å². The molecule has 1 heterocycles. The second-order valence-corrected chi connectivity index (χ2v) is 5.62. The van der Waals surface area contributed by atoms with E-state index in [1.165, 1.54) is 6.42 Å². The zero-order valence-electron chi connectivity index (χ0n) is 14.2. The van der Waals surface area contributed by atoms with Crippen LogP contribution in [0, 0.1) is 0 Å². The van der Waals surface area contributed by atoms with Gasteiger partial charge in [-0.25, -0.2) is 4.79 Å². The number of nitrogens with one attached hydrogen (secondary N) is 2. The number of anilines is 3. The Kier molecular flexibility index (Phi) is 6.62. The highest BCUT2D eigenvalue weighted by Crippen LogP contribution is 2.17.